The number of hydrogen-bond donors (Lipinski definition) is 1. The van der Waals surface area contributed by atoms with E-state index in [0.717, 1.165) is 36.3 Å². The fraction of sp³-hybridized carbons (Fsp3) is 0.333. The Kier molecular flexibility index (Phi) is 2.59. The summed E-state index contributed by atoms with van der Waals surface area (Å²) in [5.74, 6) is 0. The molecule has 1 fully saturated rings. The maximum absolute atomic E-state index is 6.07. The Labute approximate surface area is 98.3 Å². The number of ether oxygens (including phenoxy) is 1. The number of furan rings is 1. The van der Waals surface area contributed by atoms with Crippen LogP contribution >= 0.6 is 11.6 Å². The van der Waals surface area contributed by atoms with Gasteiger partial charge in [-0.1, -0.05) is 18.2 Å². The van der Waals surface area contributed by atoms with Crippen molar-refractivity contribution < 1.29 is 9.15 Å². The molecule has 1 aromatic carbocycles. The predicted molar refractivity (Wildman–Crippen MR) is 62.7 cm³/mol. The zero-order valence-corrected chi connectivity index (χ0v) is 9.46. The molecule has 0 bridgehead atoms. The molecule has 0 radical (unpaired) electrons. The highest BCUT2D eigenvalue weighted by Crippen LogP contribution is 2.29. The van der Waals surface area contributed by atoms with Crippen molar-refractivity contribution in [2.45, 2.75) is 12.6 Å². The summed E-state index contributed by atoms with van der Waals surface area (Å²) in [6, 6.07) is 8.34. The number of fused-ring (bicyclic) bond motifs is 1. The highest BCUT2D eigenvalue weighted by molar-refractivity contribution is 6.30. The van der Waals surface area contributed by atoms with Gasteiger partial charge in [0.25, 0.3) is 0 Å². The average molecular weight is 238 g/mol. The first-order valence-electron chi connectivity index (χ1n) is 5.31. The second-order valence-corrected chi connectivity index (χ2v) is 4.31. The van der Waals surface area contributed by atoms with Gasteiger partial charge in [-0.25, -0.2) is 0 Å². The maximum Gasteiger partial charge on any atom is 0.199 e. The van der Waals surface area contributed by atoms with Crippen LogP contribution in [0, 0.1) is 0 Å². The third kappa shape index (κ3) is 1.71. The van der Waals surface area contributed by atoms with E-state index in [2.05, 4.69) is 5.32 Å². The number of nitrogens with one attached hydrogen (secondary N) is 1. The van der Waals surface area contributed by atoms with E-state index in [1.807, 2.05) is 24.3 Å². The molecule has 1 N–H and O–H groups in total. The van der Waals surface area contributed by atoms with Crippen LogP contribution in [0.2, 0.25) is 5.22 Å². The zero-order chi connectivity index (χ0) is 11.0. The van der Waals surface area contributed by atoms with Gasteiger partial charge in [-0.15, -0.1) is 0 Å². The maximum atomic E-state index is 6.07. The van der Waals surface area contributed by atoms with Crippen molar-refractivity contribution in [1.29, 1.82) is 0 Å². The van der Waals surface area contributed by atoms with Crippen LogP contribution in [0.1, 0.15) is 5.56 Å². The lowest BCUT2D eigenvalue weighted by atomic mass is 10.1. The lowest BCUT2D eigenvalue weighted by molar-refractivity contribution is -0.00576. The Bertz CT molecular complexity index is 505. The van der Waals surface area contributed by atoms with E-state index in [1.165, 1.54) is 0 Å². The van der Waals surface area contributed by atoms with Gasteiger partial charge in [0.2, 0.25) is 0 Å². The molecule has 2 aromatic rings. The van der Waals surface area contributed by atoms with Crippen molar-refractivity contribution >= 4 is 22.6 Å². The Morgan fingerprint density at radius 1 is 1.31 bits per heavy atom. The molecule has 0 amide bonds. The van der Waals surface area contributed by atoms with Crippen LogP contribution in [0.4, 0.5) is 0 Å². The molecule has 0 aliphatic carbocycles. The summed E-state index contributed by atoms with van der Waals surface area (Å²) < 4.78 is 10.6. The molecule has 16 heavy (non-hydrogen) atoms. The summed E-state index contributed by atoms with van der Waals surface area (Å²) in [5, 5.41) is 4.95. The van der Waals surface area contributed by atoms with Crippen LogP contribution in [-0.4, -0.2) is 19.3 Å². The van der Waals surface area contributed by atoms with Crippen molar-refractivity contribution in [2.75, 3.05) is 13.2 Å². The van der Waals surface area contributed by atoms with E-state index in [4.69, 9.17) is 20.8 Å². The third-order valence-corrected chi connectivity index (χ3v) is 3.16. The third-order valence-electron chi connectivity index (χ3n) is 2.85. The molecule has 1 aromatic heterocycles. The Morgan fingerprint density at radius 3 is 2.88 bits per heavy atom. The van der Waals surface area contributed by atoms with Crippen molar-refractivity contribution in [1.82, 2.24) is 5.32 Å². The molecule has 1 aliphatic heterocycles. The first-order chi connectivity index (χ1) is 7.84. The van der Waals surface area contributed by atoms with Crippen molar-refractivity contribution in [3.8, 4) is 0 Å². The molecule has 0 atom stereocenters. The van der Waals surface area contributed by atoms with Crippen LogP contribution in [0.15, 0.2) is 28.7 Å². The van der Waals surface area contributed by atoms with Crippen LogP contribution in [0.25, 0.3) is 11.0 Å². The zero-order valence-electron chi connectivity index (χ0n) is 8.70. The molecular formula is C12H12ClNO2. The molecule has 0 saturated carbocycles. The summed E-state index contributed by atoms with van der Waals surface area (Å²) in [6.07, 6.45) is 0. The molecule has 0 unspecified atom stereocenters. The van der Waals surface area contributed by atoms with Crippen LogP contribution in [-0.2, 0) is 11.3 Å². The number of hydrogen-bond acceptors (Lipinski definition) is 3. The van der Waals surface area contributed by atoms with Crippen molar-refractivity contribution in [3.63, 3.8) is 0 Å². The lowest BCUT2D eigenvalue weighted by Crippen LogP contribution is -2.45. The van der Waals surface area contributed by atoms with E-state index < -0.39 is 0 Å². The molecule has 3 nitrogen and oxygen atoms in total. The number of halogens is 1. The second-order valence-electron chi connectivity index (χ2n) is 3.97. The quantitative estimate of drug-likeness (QED) is 0.891. The summed E-state index contributed by atoms with van der Waals surface area (Å²) in [6.45, 7) is 2.30. The molecular weight excluding hydrogens is 226 g/mol. The number of para-hydroxylation sites is 1. The van der Waals surface area contributed by atoms with Crippen LogP contribution in [0.5, 0.6) is 0 Å². The molecule has 1 saturated heterocycles. The monoisotopic (exact) mass is 237 g/mol. The smallest absolute Gasteiger partial charge is 0.199 e. The van der Waals surface area contributed by atoms with Gasteiger partial charge in [0, 0.05) is 17.5 Å². The van der Waals surface area contributed by atoms with E-state index in [-0.39, 0.29) is 0 Å². The Morgan fingerprint density at radius 2 is 2.12 bits per heavy atom. The van der Waals surface area contributed by atoms with Crippen LogP contribution < -0.4 is 5.32 Å². The largest absolute Gasteiger partial charge is 0.444 e. The van der Waals surface area contributed by atoms with E-state index in [0.29, 0.717) is 11.3 Å². The topological polar surface area (TPSA) is 34.4 Å². The van der Waals surface area contributed by atoms with Gasteiger partial charge in [0.1, 0.15) is 5.58 Å². The molecule has 2 heterocycles. The van der Waals surface area contributed by atoms with Gasteiger partial charge in [-0.2, -0.15) is 0 Å². The molecule has 0 spiro atoms. The predicted octanol–water partition coefficient (Wildman–Crippen LogP) is 2.57. The fourth-order valence-electron chi connectivity index (χ4n) is 1.83. The minimum Gasteiger partial charge on any atom is -0.444 e. The van der Waals surface area contributed by atoms with E-state index >= 15 is 0 Å². The molecule has 3 rings (SSSR count). The summed E-state index contributed by atoms with van der Waals surface area (Å²) in [7, 11) is 0. The minimum atomic E-state index is 0.449. The van der Waals surface area contributed by atoms with Gasteiger partial charge in [0.15, 0.2) is 5.22 Å². The van der Waals surface area contributed by atoms with Gasteiger partial charge >= 0.3 is 0 Å². The molecule has 4 heteroatoms. The number of rotatable bonds is 3. The normalized spacial score (nSPS) is 16.6. The SMILES string of the molecule is Clc1oc2ccccc2c1CNC1COC1. The van der Waals surface area contributed by atoms with E-state index in [9.17, 15) is 0 Å². The molecule has 1 aliphatic rings. The van der Waals surface area contributed by atoms with Crippen molar-refractivity contribution in [3.05, 3.63) is 35.0 Å². The van der Waals surface area contributed by atoms with Gasteiger partial charge in [-0.05, 0) is 17.7 Å². The minimum absolute atomic E-state index is 0.449. The van der Waals surface area contributed by atoms with Gasteiger partial charge in [-0.3, -0.25) is 0 Å². The van der Waals surface area contributed by atoms with Crippen molar-refractivity contribution in [2.24, 2.45) is 0 Å². The van der Waals surface area contributed by atoms with Gasteiger partial charge < -0.3 is 14.5 Å². The standard InChI is InChI=1S/C12H12ClNO2/c13-12-10(5-14-8-6-15-7-8)9-3-1-2-4-11(9)16-12/h1-4,8,14H,5-7H2. The first kappa shape index (κ1) is 10.1. The van der Waals surface area contributed by atoms with E-state index in [1.54, 1.807) is 0 Å². The Balaban J connectivity index is 1.86. The summed E-state index contributed by atoms with van der Waals surface area (Å²) in [4.78, 5) is 0. The highest BCUT2D eigenvalue weighted by atomic mass is 35.5. The Hall–Kier alpha value is -1.03. The average Bonchev–Trinajstić information content (AvgIpc) is 2.53. The highest BCUT2D eigenvalue weighted by Gasteiger charge is 2.19. The van der Waals surface area contributed by atoms with Gasteiger partial charge in [0.05, 0.1) is 19.3 Å². The number of benzene rings is 1. The first-order valence-corrected chi connectivity index (χ1v) is 5.69. The van der Waals surface area contributed by atoms with Crippen LogP contribution in [0.3, 0.4) is 0 Å². The second kappa shape index (κ2) is 4.09. The lowest BCUT2D eigenvalue weighted by Gasteiger charge is -2.26. The molecule has 84 valence electrons. The fourth-order valence-corrected chi connectivity index (χ4v) is 2.09. The summed E-state index contributed by atoms with van der Waals surface area (Å²) >= 11 is 6.07. The summed E-state index contributed by atoms with van der Waals surface area (Å²) in [5.41, 5.74) is 1.87.